The zero-order valence-corrected chi connectivity index (χ0v) is 10.9. The molecule has 0 saturated carbocycles. The van der Waals surface area contributed by atoms with Crippen LogP contribution in [0.5, 0.6) is 0 Å². The summed E-state index contributed by atoms with van der Waals surface area (Å²) >= 11 is 5.83. The third-order valence-corrected chi connectivity index (χ3v) is 3.43. The molecule has 1 heterocycles. The maximum atomic E-state index is 13.1. The molecule has 0 bridgehead atoms. The SMILES string of the molecule is CC(C)NCC1(c2ccc(F)c(Cl)c2)COC1. The van der Waals surface area contributed by atoms with E-state index in [-0.39, 0.29) is 16.3 Å². The number of nitrogens with one attached hydrogen (secondary N) is 1. The maximum Gasteiger partial charge on any atom is 0.141 e. The second-order valence-corrected chi connectivity index (χ2v) is 5.34. The van der Waals surface area contributed by atoms with Gasteiger partial charge < -0.3 is 10.1 Å². The largest absolute Gasteiger partial charge is 0.379 e. The molecule has 94 valence electrons. The van der Waals surface area contributed by atoms with Crippen LogP contribution in [-0.4, -0.2) is 25.8 Å². The lowest BCUT2D eigenvalue weighted by Gasteiger charge is -2.42. The molecule has 1 saturated heterocycles. The van der Waals surface area contributed by atoms with Gasteiger partial charge in [0.1, 0.15) is 5.82 Å². The zero-order chi connectivity index (χ0) is 12.5. The van der Waals surface area contributed by atoms with Gasteiger partial charge in [-0.2, -0.15) is 0 Å². The van der Waals surface area contributed by atoms with Crippen LogP contribution in [-0.2, 0) is 10.2 Å². The lowest BCUT2D eigenvalue weighted by Crippen LogP contribution is -2.54. The summed E-state index contributed by atoms with van der Waals surface area (Å²) in [6.07, 6.45) is 0. The Bertz CT molecular complexity index is 404. The second kappa shape index (κ2) is 4.92. The molecular formula is C13H17ClFNO. The van der Waals surface area contributed by atoms with E-state index in [1.165, 1.54) is 6.07 Å². The smallest absolute Gasteiger partial charge is 0.141 e. The van der Waals surface area contributed by atoms with E-state index >= 15 is 0 Å². The molecule has 0 aliphatic carbocycles. The van der Waals surface area contributed by atoms with Gasteiger partial charge in [-0.1, -0.05) is 31.5 Å². The molecule has 2 rings (SSSR count). The summed E-state index contributed by atoms with van der Waals surface area (Å²) in [6.45, 7) is 6.35. The van der Waals surface area contributed by atoms with E-state index in [4.69, 9.17) is 16.3 Å². The topological polar surface area (TPSA) is 21.3 Å². The predicted octanol–water partition coefficient (Wildman–Crippen LogP) is 2.75. The number of ether oxygens (including phenoxy) is 1. The van der Waals surface area contributed by atoms with E-state index in [9.17, 15) is 4.39 Å². The zero-order valence-electron chi connectivity index (χ0n) is 10.1. The fourth-order valence-corrected chi connectivity index (χ4v) is 2.13. The van der Waals surface area contributed by atoms with Gasteiger partial charge in [0.2, 0.25) is 0 Å². The molecule has 1 aliphatic rings. The highest BCUT2D eigenvalue weighted by Gasteiger charge is 2.40. The van der Waals surface area contributed by atoms with Crippen molar-refractivity contribution < 1.29 is 9.13 Å². The van der Waals surface area contributed by atoms with E-state index in [2.05, 4.69) is 19.2 Å². The minimum Gasteiger partial charge on any atom is -0.379 e. The monoisotopic (exact) mass is 257 g/mol. The van der Waals surface area contributed by atoms with Crippen LogP contribution < -0.4 is 5.32 Å². The van der Waals surface area contributed by atoms with Gasteiger partial charge in [-0.05, 0) is 17.7 Å². The van der Waals surface area contributed by atoms with Crippen LogP contribution in [0.25, 0.3) is 0 Å². The summed E-state index contributed by atoms with van der Waals surface area (Å²) < 4.78 is 18.5. The van der Waals surface area contributed by atoms with Crippen LogP contribution in [0.4, 0.5) is 4.39 Å². The van der Waals surface area contributed by atoms with Crippen LogP contribution >= 0.6 is 11.6 Å². The second-order valence-electron chi connectivity index (χ2n) is 4.94. The van der Waals surface area contributed by atoms with Crippen LogP contribution in [0.1, 0.15) is 19.4 Å². The molecule has 17 heavy (non-hydrogen) atoms. The summed E-state index contributed by atoms with van der Waals surface area (Å²) in [4.78, 5) is 0. The molecule has 1 aliphatic heterocycles. The standard InChI is InChI=1S/C13H17ClFNO/c1-9(2)16-6-13(7-17-8-13)10-3-4-12(15)11(14)5-10/h3-5,9,16H,6-8H2,1-2H3. The van der Waals surface area contributed by atoms with Crippen molar-refractivity contribution in [1.29, 1.82) is 0 Å². The third kappa shape index (κ3) is 2.62. The average molecular weight is 258 g/mol. The van der Waals surface area contributed by atoms with Gasteiger partial charge in [0, 0.05) is 12.6 Å². The number of halogens is 2. The van der Waals surface area contributed by atoms with Crippen LogP contribution in [0, 0.1) is 5.82 Å². The third-order valence-electron chi connectivity index (χ3n) is 3.14. The molecule has 0 aromatic heterocycles. The molecule has 0 amide bonds. The molecule has 1 aromatic rings. The fourth-order valence-electron chi connectivity index (χ4n) is 1.94. The van der Waals surface area contributed by atoms with Crippen molar-refractivity contribution in [3.63, 3.8) is 0 Å². The highest BCUT2D eigenvalue weighted by Crippen LogP contribution is 2.33. The first kappa shape index (κ1) is 12.8. The molecule has 2 nitrogen and oxygen atoms in total. The van der Waals surface area contributed by atoms with Gasteiger partial charge in [0.05, 0.1) is 23.7 Å². The highest BCUT2D eigenvalue weighted by atomic mass is 35.5. The van der Waals surface area contributed by atoms with Crippen molar-refractivity contribution in [3.05, 3.63) is 34.6 Å². The van der Waals surface area contributed by atoms with E-state index < -0.39 is 0 Å². The molecule has 1 fully saturated rings. The Hall–Kier alpha value is -0.640. The Morgan fingerprint density at radius 1 is 1.47 bits per heavy atom. The molecule has 0 atom stereocenters. The molecular weight excluding hydrogens is 241 g/mol. The quantitative estimate of drug-likeness (QED) is 0.896. The van der Waals surface area contributed by atoms with E-state index in [0.717, 1.165) is 12.1 Å². The summed E-state index contributed by atoms with van der Waals surface area (Å²) in [7, 11) is 0. The van der Waals surface area contributed by atoms with Crippen LogP contribution in [0.15, 0.2) is 18.2 Å². The lowest BCUT2D eigenvalue weighted by molar-refractivity contribution is -0.0597. The fraction of sp³-hybridized carbons (Fsp3) is 0.538. The van der Waals surface area contributed by atoms with Gasteiger partial charge in [-0.3, -0.25) is 0 Å². The maximum absolute atomic E-state index is 13.1. The van der Waals surface area contributed by atoms with Crippen molar-refractivity contribution in [2.45, 2.75) is 25.3 Å². The number of rotatable bonds is 4. The number of hydrogen-bond acceptors (Lipinski definition) is 2. The first-order valence-corrected chi connectivity index (χ1v) is 6.18. The Kier molecular flexibility index (Phi) is 3.71. The summed E-state index contributed by atoms with van der Waals surface area (Å²) in [5, 5.41) is 3.58. The molecule has 0 unspecified atom stereocenters. The highest BCUT2D eigenvalue weighted by molar-refractivity contribution is 6.30. The lowest BCUT2D eigenvalue weighted by atomic mass is 9.78. The van der Waals surface area contributed by atoms with Gasteiger partial charge in [-0.15, -0.1) is 0 Å². The van der Waals surface area contributed by atoms with Crippen molar-refractivity contribution in [1.82, 2.24) is 5.32 Å². The van der Waals surface area contributed by atoms with Crippen LogP contribution in [0.3, 0.4) is 0 Å². The van der Waals surface area contributed by atoms with Crippen molar-refractivity contribution >= 4 is 11.6 Å². The Morgan fingerprint density at radius 3 is 2.65 bits per heavy atom. The van der Waals surface area contributed by atoms with Crippen LogP contribution in [0.2, 0.25) is 5.02 Å². The molecule has 4 heteroatoms. The van der Waals surface area contributed by atoms with E-state index in [0.29, 0.717) is 19.3 Å². The minimum absolute atomic E-state index is 0.0540. The Balaban J connectivity index is 2.19. The number of hydrogen-bond donors (Lipinski definition) is 1. The summed E-state index contributed by atoms with van der Waals surface area (Å²) in [5.74, 6) is -0.373. The Morgan fingerprint density at radius 2 is 2.18 bits per heavy atom. The minimum atomic E-state index is -0.373. The Labute approximate surface area is 106 Å². The first-order chi connectivity index (χ1) is 8.03. The average Bonchev–Trinajstić information content (AvgIpc) is 2.21. The summed E-state index contributed by atoms with van der Waals surface area (Å²) in [5.41, 5.74) is 0.991. The van der Waals surface area contributed by atoms with Gasteiger partial charge >= 0.3 is 0 Å². The summed E-state index contributed by atoms with van der Waals surface area (Å²) in [6, 6.07) is 5.35. The first-order valence-electron chi connectivity index (χ1n) is 5.80. The van der Waals surface area contributed by atoms with Crippen molar-refractivity contribution in [2.75, 3.05) is 19.8 Å². The van der Waals surface area contributed by atoms with Crippen molar-refractivity contribution in [3.8, 4) is 0 Å². The molecule has 1 aromatic carbocycles. The van der Waals surface area contributed by atoms with E-state index in [1.54, 1.807) is 12.1 Å². The van der Waals surface area contributed by atoms with Gasteiger partial charge in [-0.25, -0.2) is 4.39 Å². The molecule has 0 spiro atoms. The van der Waals surface area contributed by atoms with Gasteiger partial charge in [0.15, 0.2) is 0 Å². The van der Waals surface area contributed by atoms with E-state index in [1.807, 2.05) is 0 Å². The van der Waals surface area contributed by atoms with Gasteiger partial charge in [0.25, 0.3) is 0 Å². The molecule has 0 radical (unpaired) electrons. The molecule has 1 N–H and O–H groups in total. The predicted molar refractivity (Wildman–Crippen MR) is 67.0 cm³/mol. The van der Waals surface area contributed by atoms with Crippen molar-refractivity contribution in [2.24, 2.45) is 0 Å². The number of benzene rings is 1. The normalized spacial score (nSPS) is 18.2.